The van der Waals surface area contributed by atoms with Gasteiger partial charge in [0.2, 0.25) is 10.2 Å². The zero-order valence-electron chi connectivity index (χ0n) is 9.22. The largest absolute Gasteiger partial charge is 0.280 e. The minimum atomic E-state index is -0.296. The van der Waals surface area contributed by atoms with Crippen LogP contribution >= 0.6 is 25.3 Å². The average molecular weight is 278 g/mol. The number of pyridine rings is 2. The zero-order valence-corrected chi connectivity index (χ0v) is 11.0. The SMILES string of the molecule is O=C(S)c1ccccn1.O=C(S)c1ccccn1. The highest BCUT2D eigenvalue weighted by Crippen LogP contribution is 1.96. The summed E-state index contributed by atoms with van der Waals surface area (Å²) in [6.07, 6.45) is 3.12. The molecule has 0 spiro atoms. The summed E-state index contributed by atoms with van der Waals surface area (Å²) in [5, 5.41) is -0.591. The molecular formula is C12H10N2O2S2. The molecule has 0 aliphatic rings. The second kappa shape index (κ2) is 7.62. The van der Waals surface area contributed by atoms with Crippen LogP contribution in [-0.2, 0) is 0 Å². The summed E-state index contributed by atoms with van der Waals surface area (Å²) in [6, 6.07) is 10.2. The number of nitrogens with zero attached hydrogens (tertiary/aromatic N) is 2. The van der Waals surface area contributed by atoms with Gasteiger partial charge in [0.15, 0.2) is 0 Å². The van der Waals surface area contributed by atoms with Crippen LogP contribution in [0.15, 0.2) is 48.8 Å². The van der Waals surface area contributed by atoms with Gasteiger partial charge in [0.1, 0.15) is 11.4 Å². The number of hydrogen-bond donors (Lipinski definition) is 2. The van der Waals surface area contributed by atoms with E-state index in [9.17, 15) is 9.59 Å². The molecular weight excluding hydrogens is 268 g/mol. The van der Waals surface area contributed by atoms with Gasteiger partial charge in [-0.2, -0.15) is 0 Å². The van der Waals surface area contributed by atoms with Gasteiger partial charge in [-0.25, -0.2) is 0 Å². The molecule has 18 heavy (non-hydrogen) atoms. The fourth-order valence-corrected chi connectivity index (χ4v) is 1.24. The summed E-state index contributed by atoms with van der Waals surface area (Å²) in [6.45, 7) is 0. The number of rotatable bonds is 2. The normalized spacial score (nSPS) is 9.00. The number of thiol groups is 2. The number of carbonyl (C=O) groups excluding carboxylic acids is 2. The molecule has 0 N–H and O–H groups in total. The maximum atomic E-state index is 10.4. The summed E-state index contributed by atoms with van der Waals surface area (Å²) < 4.78 is 0. The van der Waals surface area contributed by atoms with E-state index in [0.717, 1.165) is 0 Å². The lowest BCUT2D eigenvalue weighted by Gasteiger charge is -1.87. The molecule has 0 aliphatic heterocycles. The molecule has 2 heterocycles. The molecule has 6 heteroatoms. The topological polar surface area (TPSA) is 59.9 Å². The standard InChI is InChI=1S/2C6H5NOS/c2*8-6(9)5-3-1-2-4-7-5/h2*1-4H,(H,8,9). The molecule has 92 valence electrons. The Morgan fingerprint density at radius 3 is 1.33 bits per heavy atom. The maximum Gasteiger partial charge on any atom is 0.234 e. The predicted octanol–water partition coefficient (Wildman–Crippen LogP) is 2.30. The molecule has 0 aliphatic carbocycles. The maximum absolute atomic E-state index is 10.4. The molecule has 0 bridgehead atoms. The predicted molar refractivity (Wildman–Crippen MR) is 75.1 cm³/mol. The highest BCUT2D eigenvalue weighted by Gasteiger charge is 1.96. The van der Waals surface area contributed by atoms with E-state index in [0.29, 0.717) is 11.4 Å². The van der Waals surface area contributed by atoms with Gasteiger partial charge in [0.25, 0.3) is 0 Å². The van der Waals surface area contributed by atoms with Crippen molar-refractivity contribution >= 4 is 35.5 Å². The Balaban J connectivity index is 0.000000180. The van der Waals surface area contributed by atoms with Crippen molar-refractivity contribution in [2.24, 2.45) is 0 Å². The monoisotopic (exact) mass is 278 g/mol. The second-order valence-electron chi connectivity index (χ2n) is 3.04. The van der Waals surface area contributed by atoms with Crippen LogP contribution < -0.4 is 0 Å². The third-order valence-electron chi connectivity index (χ3n) is 1.77. The third-order valence-corrected chi connectivity index (χ3v) is 2.23. The van der Waals surface area contributed by atoms with Crippen LogP contribution in [0, 0.1) is 0 Å². The Bertz CT molecular complexity index is 469. The van der Waals surface area contributed by atoms with E-state index in [1.807, 2.05) is 0 Å². The Morgan fingerprint density at radius 2 is 1.17 bits per heavy atom. The van der Waals surface area contributed by atoms with Crippen molar-refractivity contribution in [3.8, 4) is 0 Å². The number of hydrogen-bond acceptors (Lipinski definition) is 4. The molecule has 0 radical (unpaired) electrons. The van der Waals surface area contributed by atoms with E-state index in [1.54, 1.807) is 48.8 Å². The van der Waals surface area contributed by atoms with Crippen LogP contribution in [0.3, 0.4) is 0 Å². The van der Waals surface area contributed by atoms with Crippen LogP contribution in [0.2, 0.25) is 0 Å². The molecule has 0 unspecified atom stereocenters. The fraction of sp³-hybridized carbons (Fsp3) is 0. The van der Waals surface area contributed by atoms with E-state index < -0.39 is 0 Å². The average Bonchev–Trinajstić information content (AvgIpc) is 2.41. The third kappa shape index (κ3) is 5.11. The smallest absolute Gasteiger partial charge is 0.234 e. The minimum absolute atomic E-state index is 0.296. The number of carbonyl (C=O) groups is 2. The van der Waals surface area contributed by atoms with Crippen molar-refractivity contribution in [3.05, 3.63) is 60.2 Å². The summed E-state index contributed by atoms with van der Waals surface area (Å²) in [5.41, 5.74) is 0.779. The van der Waals surface area contributed by atoms with Gasteiger partial charge in [-0.3, -0.25) is 19.6 Å². The van der Waals surface area contributed by atoms with Gasteiger partial charge >= 0.3 is 0 Å². The van der Waals surface area contributed by atoms with E-state index >= 15 is 0 Å². The highest BCUT2D eigenvalue weighted by molar-refractivity contribution is 7.97. The fourth-order valence-electron chi connectivity index (χ4n) is 0.979. The van der Waals surface area contributed by atoms with Crippen LogP contribution in [0.5, 0.6) is 0 Å². The van der Waals surface area contributed by atoms with Crippen molar-refractivity contribution in [2.75, 3.05) is 0 Å². The molecule has 0 amide bonds. The van der Waals surface area contributed by atoms with Crippen LogP contribution in [0.1, 0.15) is 21.0 Å². The molecule has 0 fully saturated rings. The first-order valence-electron chi connectivity index (χ1n) is 4.90. The Hall–Kier alpha value is -1.66. The lowest BCUT2D eigenvalue weighted by Crippen LogP contribution is -1.90. The first-order chi connectivity index (χ1) is 8.61. The molecule has 2 rings (SSSR count). The molecule has 2 aromatic rings. The Kier molecular flexibility index (Phi) is 6.10. The molecule has 0 saturated heterocycles. The number of aromatic nitrogens is 2. The van der Waals surface area contributed by atoms with Crippen LogP contribution in [0.25, 0.3) is 0 Å². The first kappa shape index (κ1) is 14.4. The van der Waals surface area contributed by atoms with Gasteiger partial charge in [0.05, 0.1) is 0 Å². The minimum Gasteiger partial charge on any atom is -0.280 e. The summed E-state index contributed by atoms with van der Waals surface area (Å²) in [5.74, 6) is 0. The van der Waals surface area contributed by atoms with Gasteiger partial charge in [-0.1, -0.05) is 37.4 Å². The second-order valence-corrected chi connectivity index (χ2v) is 3.85. The van der Waals surface area contributed by atoms with Crippen molar-refractivity contribution in [1.82, 2.24) is 9.97 Å². The van der Waals surface area contributed by atoms with Gasteiger partial charge in [0, 0.05) is 12.4 Å². The lowest BCUT2D eigenvalue weighted by atomic mass is 10.4. The van der Waals surface area contributed by atoms with E-state index in [4.69, 9.17) is 0 Å². The molecule has 4 nitrogen and oxygen atoms in total. The van der Waals surface area contributed by atoms with E-state index in [-0.39, 0.29) is 10.2 Å². The Morgan fingerprint density at radius 1 is 0.778 bits per heavy atom. The first-order valence-corrected chi connectivity index (χ1v) is 5.79. The zero-order chi connectivity index (χ0) is 13.4. The van der Waals surface area contributed by atoms with Crippen molar-refractivity contribution in [2.45, 2.75) is 0 Å². The molecule has 2 aromatic heterocycles. The van der Waals surface area contributed by atoms with Crippen molar-refractivity contribution in [1.29, 1.82) is 0 Å². The Labute approximate surface area is 115 Å². The van der Waals surface area contributed by atoms with Crippen molar-refractivity contribution < 1.29 is 9.59 Å². The molecule has 0 atom stereocenters. The lowest BCUT2D eigenvalue weighted by molar-refractivity contribution is 0.107. The quantitative estimate of drug-likeness (QED) is 0.828. The molecule has 0 saturated carbocycles. The summed E-state index contributed by atoms with van der Waals surface area (Å²) >= 11 is 7.17. The van der Waals surface area contributed by atoms with E-state index in [2.05, 4.69) is 35.2 Å². The van der Waals surface area contributed by atoms with Crippen LogP contribution in [0.4, 0.5) is 0 Å². The van der Waals surface area contributed by atoms with Crippen LogP contribution in [-0.4, -0.2) is 20.2 Å². The summed E-state index contributed by atoms with van der Waals surface area (Å²) in [7, 11) is 0. The van der Waals surface area contributed by atoms with Gasteiger partial charge < -0.3 is 0 Å². The highest BCUT2D eigenvalue weighted by atomic mass is 32.1. The molecule has 0 aromatic carbocycles. The summed E-state index contributed by atoms with van der Waals surface area (Å²) in [4.78, 5) is 28.4. The van der Waals surface area contributed by atoms with Crippen molar-refractivity contribution in [3.63, 3.8) is 0 Å². The van der Waals surface area contributed by atoms with Gasteiger partial charge in [-0.15, -0.1) is 0 Å². The van der Waals surface area contributed by atoms with E-state index in [1.165, 1.54) is 0 Å². The van der Waals surface area contributed by atoms with Gasteiger partial charge in [-0.05, 0) is 24.3 Å².